The van der Waals surface area contributed by atoms with E-state index in [1.807, 2.05) is 36.4 Å². The van der Waals surface area contributed by atoms with Crippen LogP contribution in [0.3, 0.4) is 0 Å². The van der Waals surface area contributed by atoms with Gasteiger partial charge in [-0.15, -0.1) is 0 Å². The fraction of sp³-hybridized carbons (Fsp3) is 0. The number of benzene rings is 8. The molecule has 8 aromatic carbocycles. The van der Waals surface area contributed by atoms with Crippen LogP contribution in [0.2, 0.25) is 0 Å². The van der Waals surface area contributed by atoms with Crippen LogP contribution >= 0.6 is 0 Å². The molecule has 10 aromatic rings. The molecule has 2 aromatic heterocycles. The highest BCUT2D eigenvalue weighted by Crippen LogP contribution is 2.42. The van der Waals surface area contributed by atoms with Crippen LogP contribution in [0.4, 0.5) is 0 Å². The smallest absolute Gasteiger partial charge is 0.160 e. The first-order valence-electron chi connectivity index (χ1n) is 18.9. The molecule has 3 heteroatoms. The van der Waals surface area contributed by atoms with E-state index in [0.717, 1.165) is 66.8 Å². The van der Waals surface area contributed by atoms with Crippen molar-refractivity contribution in [2.75, 3.05) is 0 Å². The van der Waals surface area contributed by atoms with Gasteiger partial charge in [0, 0.05) is 44.0 Å². The molecule has 0 aliphatic rings. The number of hydrogen-bond acceptors (Lipinski definition) is 3. The summed E-state index contributed by atoms with van der Waals surface area (Å²) in [7, 11) is 0. The van der Waals surface area contributed by atoms with Crippen LogP contribution in [0.1, 0.15) is 0 Å². The Labute approximate surface area is 326 Å². The van der Waals surface area contributed by atoms with Gasteiger partial charge in [-0.1, -0.05) is 200 Å². The topological polar surface area (TPSA) is 38.7 Å². The number of nitrogens with zero attached hydrogens (tertiary/aromatic N) is 3. The maximum Gasteiger partial charge on any atom is 0.160 e. The summed E-state index contributed by atoms with van der Waals surface area (Å²) in [6.45, 7) is 0. The first-order valence-corrected chi connectivity index (χ1v) is 18.9. The molecule has 262 valence electrons. The average Bonchev–Trinajstić information content (AvgIpc) is 3.29. The Bertz CT molecular complexity index is 2920. The Balaban J connectivity index is 1.14. The third-order valence-corrected chi connectivity index (χ3v) is 10.5. The van der Waals surface area contributed by atoms with Crippen molar-refractivity contribution in [3.8, 4) is 78.5 Å². The second-order valence-corrected chi connectivity index (χ2v) is 14.0. The molecular weight excluding hydrogens is 679 g/mol. The summed E-state index contributed by atoms with van der Waals surface area (Å²) in [5.74, 6) is 0.703. The molecule has 0 N–H and O–H groups in total. The van der Waals surface area contributed by atoms with Crippen molar-refractivity contribution in [1.82, 2.24) is 15.0 Å². The monoisotopic (exact) mass is 713 g/mol. The molecule has 0 atom stereocenters. The third-order valence-electron chi connectivity index (χ3n) is 10.5. The predicted molar refractivity (Wildman–Crippen MR) is 233 cm³/mol. The van der Waals surface area contributed by atoms with E-state index in [4.69, 9.17) is 15.0 Å². The van der Waals surface area contributed by atoms with Crippen LogP contribution in [0, 0.1) is 0 Å². The van der Waals surface area contributed by atoms with Gasteiger partial charge in [-0.3, -0.25) is 0 Å². The van der Waals surface area contributed by atoms with Crippen molar-refractivity contribution in [2.45, 2.75) is 0 Å². The summed E-state index contributed by atoms with van der Waals surface area (Å²) in [4.78, 5) is 15.6. The summed E-state index contributed by atoms with van der Waals surface area (Å²) in [6, 6.07) is 74.5. The van der Waals surface area contributed by atoms with Gasteiger partial charge in [-0.05, 0) is 39.9 Å². The lowest BCUT2D eigenvalue weighted by Gasteiger charge is -2.17. The number of rotatable bonds is 7. The number of aromatic nitrogens is 3. The standard InChI is InChI=1S/C53H35N3/c1-5-16-36(17-6-1)42-24-13-25-43(34-42)44-26-14-28-46-50(44)47-29-15-27-45(52(47)56-51(46)40-20-9-3-10-21-40)37-30-32-39(33-31-37)49-35-48(38-18-7-2-8-19-38)54-53(55-49)41-22-11-4-12-23-41/h1-35H. The van der Waals surface area contributed by atoms with Crippen molar-refractivity contribution in [1.29, 1.82) is 0 Å². The molecular formula is C53H35N3. The van der Waals surface area contributed by atoms with Crippen LogP contribution in [-0.4, -0.2) is 15.0 Å². The number of pyridine rings is 1. The van der Waals surface area contributed by atoms with Crippen molar-refractivity contribution >= 4 is 21.7 Å². The minimum absolute atomic E-state index is 0.703. The molecule has 56 heavy (non-hydrogen) atoms. The van der Waals surface area contributed by atoms with Crippen LogP contribution in [0.5, 0.6) is 0 Å². The molecule has 10 rings (SSSR count). The molecule has 0 aliphatic heterocycles. The fourth-order valence-electron chi connectivity index (χ4n) is 7.75. The minimum Gasteiger partial charge on any atom is -0.246 e. The fourth-order valence-corrected chi connectivity index (χ4v) is 7.75. The second-order valence-electron chi connectivity index (χ2n) is 14.0. The maximum atomic E-state index is 5.50. The van der Waals surface area contributed by atoms with E-state index in [2.05, 4.69) is 176 Å². The molecule has 0 saturated heterocycles. The lowest BCUT2D eigenvalue weighted by atomic mass is 9.90. The van der Waals surface area contributed by atoms with Crippen molar-refractivity contribution in [3.63, 3.8) is 0 Å². The highest BCUT2D eigenvalue weighted by Gasteiger charge is 2.18. The molecule has 0 spiro atoms. The zero-order chi connectivity index (χ0) is 37.3. The molecule has 0 bridgehead atoms. The Hall–Kier alpha value is -7.49. The van der Waals surface area contributed by atoms with Gasteiger partial charge < -0.3 is 0 Å². The van der Waals surface area contributed by atoms with E-state index in [-0.39, 0.29) is 0 Å². The van der Waals surface area contributed by atoms with E-state index >= 15 is 0 Å². The van der Waals surface area contributed by atoms with Gasteiger partial charge in [-0.2, -0.15) is 0 Å². The molecule has 0 saturated carbocycles. The van der Waals surface area contributed by atoms with Gasteiger partial charge in [0.15, 0.2) is 5.82 Å². The molecule has 2 heterocycles. The Morgan fingerprint density at radius 1 is 0.268 bits per heavy atom. The molecule has 0 aliphatic carbocycles. The lowest BCUT2D eigenvalue weighted by Crippen LogP contribution is -1.96. The van der Waals surface area contributed by atoms with Crippen LogP contribution in [0.15, 0.2) is 212 Å². The van der Waals surface area contributed by atoms with E-state index in [9.17, 15) is 0 Å². The van der Waals surface area contributed by atoms with Gasteiger partial charge >= 0.3 is 0 Å². The predicted octanol–water partition coefficient (Wildman–Crippen LogP) is 13.8. The molecule has 0 unspecified atom stereocenters. The highest BCUT2D eigenvalue weighted by molar-refractivity contribution is 6.19. The van der Waals surface area contributed by atoms with Crippen molar-refractivity contribution in [3.05, 3.63) is 212 Å². The first kappa shape index (κ1) is 33.1. The van der Waals surface area contributed by atoms with E-state index < -0.39 is 0 Å². The molecule has 0 fully saturated rings. The van der Waals surface area contributed by atoms with Gasteiger partial charge in [-0.25, -0.2) is 15.0 Å². The highest BCUT2D eigenvalue weighted by atomic mass is 14.9. The Morgan fingerprint density at radius 2 is 0.750 bits per heavy atom. The molecule has 0 radical (unpaired) electrons. The zero-order valence-electron chi connectivity index (χ0n) is 30.5. The Kier molecular flexibility index (Phi) is 8.51. The van der Waals surface area contributed by atoms with Gasteiger partial charge in [0.25, 0.3) is 0 Å². The Morgan fingerprint density at radius 3 is 1.41 bits per heavy atom. The maximum absolute atomic E-state index is 5.50. The number of para-hydroxylation sites is 1. The molecule has 0 amide bonds. The summed E-state index contributed by atoms with van der Waals surface area (Å²) >= 11 is 0. The first-order chi connectivity index (χ1) is 27.8. The van der Waals surface area contributed by atoms with Gasteiger partial charge in [0.2, 0.25) is 0 Å². The SMILES string of the molecule is c1ccc(-c2cccc(-c3cccc4c(-c5ccccc5)nc5c(-c6ccc(-c7cc(-c8ccccc8)nc(-c8ccccc8)n7)cc6)cccc5c34)c2)cc1. The van der Waals surface area contributed by atoms with Crippen LogP contribution in [0.25, 0.3) is 100 Å². The summed E-state index contributed by atoms with van der Waals surface area (Å²) in [5, 5.41) is 3.45. The summed E-state index contributed by atoms with van der Waals surface area (Å²) in [5.41, 5.74) is 14.8. The van der Waals surface area contributed by atoms with Crippen molar-refractivity contribution in [2.24, 2.45) is 0 Å². The quantitative estimate of drug-likeness (QED) is 0.154. The summed E-state index contributed by atoms with van der Waals surface area (Å²) in [6.07, 6.45) is 0. The molecule has 3 nitrogen and oxygen atoms in total. The van der Waals surface area contributed by atoms with Crippen LogP contribution in [-0.2, 0) is 0 Å². The van der Waals surface area contributed by atoms with E-state index in [0.29, 0.717) is 5.82 Å². The second kappa shape index (κ2) is 14.4. The zero-order valence-corrected chi connectivity index (χ0v) is 30.5. The largest absolute Gasteiger partial charge is 0.246 e. The van der Waals surface area contributed by atoms with E-state index in [1.165, 1.54) is 27.6 Å². The number of hydrogen-bond donors (Lipinski definition) is 0. The van der Waals surface area contributed by atoms with Gasteiger partial charge in [0.1, 0.15) is 0 Å². The van der Waals surface area contributed by atoms with E-state index in [1.54, 1.807) is 0 Å². The van der Waals surface area contributed by atoms with Gasteiger partial charge in [0.05, 0.1) is 22.6 Å². The summed E-state index contributed by atoms with van der Waals surface area (Å²) < 4.78 is 0. The van der Waals surface area contributed by atoms with Crippen molar-refractivity contribution < 1.29 is 0 Å². The lowest BCUT2D eigenvalue weighted by molar-refractivity contribution is 1.18. The third kappa shape index (κ3) is 6.21. The average molecular weight is 714 g/mol. The number of fused-ring (bicyclic) bond motifs is 3. The normalized spacial score (nSPS) is 11.2. The minimum atomic E-state index is 0.703. The van der Waals surface area contributed by atoms with Crippen LogP contribution < -0.4 is 0 Å².